The van der Waals surface area contributed by atoms with Crippen LogP contribution in [0, 0.1) is 11.8 Å². The summed E-state index contributed by atoms with van der Waals surface area (Å²) < 4.78 is 0. The second kappa shape index (κ2) is 5.19. The van der Waals surface area contributed by atoms with Crippen LogP contribution >= 0.6 is 11.6 Å². The van der Waals surface area contributed by atoms with Crippen LogP contribution in [0.15, 0.2) is 18.2 Å². The molecule has 98 valence electrons. The van der Waals surface area contributed by atoms with Crippen molar-refractivity contribution in [3.63, 3.8) is 0 Å². The second-order valence-corrected chi connectivity index (χ2v) is 5.54. The van der Waals surface area contributed by atoms with E-state index in [2.05, 4.69) is 18.7 Å². The minimum atomic E-state index is -0.957. The predicted octanol–water partition coefficient (Wildman–Crippen LogP) is 3.52. The van der Waals surface area contributed by atoms with Crippen molar-refractivity contribution in [2.24, 2.45) is 11.8 Å². The summed E-state index contributed by atoms with van der Waals surface area (Å²) >= 11 is 6.00. The highest BCUT2D eigenvalue weighted by molar-refractivity contribution is 6.34. The van der Waals surface area contributed by atoms with Crippen molar-refractivity contribution in [1.82, 2.24) is 0 Å². The van der Waals surface area contributed by atoms with Crippen molar-refractivity contribution in [3.8, 4) is 0 Å². The number of hydrogen-bond donors (Lipinski definition) is 1. The molecule has 2 rings (SSSR count). The Balaban J connectivity index is 2.34. The fourth-order valence-corrected chi connectivity index (χ4v) is 2.72. The molecule has 18 heavy (non-hydrogen) atoms. The molecule has 4 heteroatoms. The second-order valence-electron chi connectivity index (χ2n) is 5.13. The maximum absolute atomic E-state index is 11.3. The summed E-state index contributed by atoms with van der Waals surface area (Å²) in [4.78, 5) is 13.5. The zero-order chi connectivity index (χ0) is 13.3. The number of benzene rings is 1. The van der Waals surface area contributed by atoms with Gasteiger partial charge < -0.3 is 10.0 Å². The monoisotopic (exact) mass is 267 g/mol. The number of piperidine rings is 1. The lowest BCUT2D eigenvalue weighted by Gasteiger charge is -2.37. The molecular weight excluding hydrogens is 250 g/mol. The van der Waals surface area contributed by atoms with E-state index in [1.54, 1.807) is 6.07 Å². The van der Waals surface area contributed by atoms with Crippen LogP contribution in [-0.4, -0.2) is 24.2 Å². The summed E-state index contributed by atoms with van der Waals surface area (Å²) in [5.74, 6) is 0.301. The molecule has 1 fully saturated rings. The highest BCUT2D eigenvalue weighted by Crippen LogP contribution is 2.32. The van der Waals surface area contributed by atoms with Crippen LogP contribution in [0.4, 0.5) is 5.69 Å². The standard InChI is InChI=1S/C14H18ClNO2/c1-9-6-7-16(8-10(9)2)12-5-3-4-11(15)13(12)14(17)18/h3-5,9-10H,6-8H2,1-2H3,(H,17,18). The molecule has 3 nitrogen and oxygen atoms in total. The Labute approximate surface area is 112 Å². The van der Waals surface area contributed by atoms with Crippen LogP contribution in [-0.2, 0) is 0 Å². The third-order valence-corrected chi connectivity index (χ3v) is 4.20. The number of rotatable bonds is 2. The number of carboxylic acids is 1. The summed E-state index contributed by atoms with van der Waals surface area (Å²) in [6.45, 7) is 6.24. The van der Waals surface area contributed by atoms with E-state index in [9.17, 15) is 9.90 Å². The number of carboxylic acid groups (broad SMARTS) is 1. The molecule has 0 saturated carbocycles. The average molecular weight is 268 g/mol. The van der Waals surface area contributed by atoms with E-state index in [-0.39, 0.29) is 5.56 Å². The van der Waals surface area contributed by atoms with Crippen molar-refractivity contribution < 1.29 is 9.90 Å². The van der Waals surface area contributed by atoms with Crippen molar-refractivity contribution in [1.29, 1.82) is 0 Å². The minimum absolute atomic E-state index is 0.223. The summed E-state index contributed by atoms with van der Waals surface area (Å²) in [5.41, 5.74) is 0.967. The van der Waals surface area contributed by atoms with Gasteiger partial charge in [-0.15, -0.1) is 0 Å². The van der Waals surface area contributed by atoms with Crippen molar-refractivity contribution >= 4 is 23.3 Å². The molecule has 0 spiro atoms. The van der Waals surface area contributed by atoms with Gasteiger partial charge in [-0.2, -0.15) is 0 Å². The van der Waals surface area contributed by atoms with Crippen LogP contribution in [0.2, 0.25) is 5.02 Å². The fraction of sp³-hybridized carbons (Fsp3) is 0.500. The van der Waals surface area contributed by atoms with Crippen molar-refractivity contribution in [3.05, 3.63) is 28.8 Å². The van der Waals surface area contributed by atoms with Gasteiger partial charge in [-0.1, -0.05) is 31.5 Å². The summed E-state index contributed by atoms with van der Waals surface area (Å²) in [6.07, 6.45) is 1.09. The highest BCUT2D eigenvalue weighted by Gasteiger charge is 2.26. The van der Waals surface area contributed by atoms with Gasteiger partial charge >= 0.3 is 5.97 Å². The summed E-state index contributed by atoms with van der Waals surface area (Å²) in [6, 6.07) is 5.29. The van der Waals surface area contributed by atoms with Crippen LogP contribution in [0.3, 0.4) is 0 Å². The lowest BCUT2D eigenvalue weighted by molar-refractivity contribution is 0.0697. The summed E-state index contributed by atoms with van der Waals surface area (Å²) in [7, 11) is 0. The van der Waals surface area contributed by atoms with Crippen LogP contribution < -0.4 is 4.90 Å². The molecule has 1 N–H and O–H groups in total. The lowest BCUT2D eigenvalue weighted by Crippen LogP contribution is -2.39. The third kappa shape index (κ3) is 2.46. The van der Waals surface area contributed by atoms with Gasteiger partial charge in [0.1, 0.15) is 5.56 Å². The molecular formula is C14H18ClNO2. The van der Waals surface area contributed by atoms with Gasteiger partial charge in [-0.25, -0.2) is 4.79 Å². The van der Waals surface area contributed by atoms with Gasteiger partial charge in [-0.3, -0.25) is 0 Å². The number of hydrogen-bond acceptors (Lipinski definition) is 2. The predicted molar refractivity (Wildman–Crippen MR) is 73.6 cm³/mol. The van der Waals surface area contributed by atoms with Gasteiger partial charge in [-0.05, 0) is 30.4 Å². The Morgan fingerprint density at radius 2 is 2.11 bits per heavy atom. The van der Waals surface area contributed by atoms with Crippen molar-refractivity contribution in [2.75, 3.05) is 18.0 Å². The van der Waals surface area contributed by atoms with E-state index in [0.29, 0.717) is 16.9 Å². The Kier molecular flexibility index (Phi) is 3.81. The number of aromatic carboxylic acids is 1. The molecule has 1 saturated heterocycles. The molecule has 1 aliphatic heterocycles. The van der Waals surface area contributed by atoms with Gasteiger partial charge in [0, 0.05) is 13.1 Å². The molecule has 1 aromatic rings. The lowest BCUT2D eigenvalue weighted by atomic mass is 9.88. The zero-order valence-electron chi connectivity index (χ0n) is 10.7. The fourth-order valence-electron chi connectivity index (χ4n) is 2.47. The first-order chi connectivity index (χ1) is 8.50. The van der Waals surface area contributed by atoms with E-state index >= 15 is 0 Å². The topological polar surface area (TPSA) is 40.5 Å². The van der Waals surface area contributed by atoms with E-state index in [4.69, 9.17) is 11.6 Å². The molecule has 2 unspecified atom stereocenters. The van der Waals surface area contributed by atoms with Crippen LogP contribution in [0.25, 0.3) is 0 Å². The number of nitrogens with zero attached hydrogens (tertiary/aromatic N) is 1. The third-order valence-electron chi connectivity index (χ3n) is 3.88. The molecule has 0 amide bonds. The van der Waals surface area contributed by atoms with Gasteiger partial charge in [0.15, 0.2) is 0 Å². The molecule has 0 aromatic heterocycles. The van der Waals surface area contributed by atoms with E-state index < -0.39 is 5.97 Å². The quantitative estimate of drug-likeness (QED) is 0.891. The van der Waals surface area contributed by atoms with Gasteiger partial charge in [0.25, 0.3) is 0 Å². The van der Waals surface area contributed by atoms with E-state index in [0.717, 1.165) is 25.2 Å². The molecule has 1 aromatic carbocycles. The number of carbonyl (C=O) groups is 1. The molecule has 0 bridgehead atoms. The maximum Gasteiger partial charge on any atom is 0.339 e. The number of anilines is 1. The SMILES string of the molecule is CC1CCN(c2cccc(Cl)c2C(=O)O)CC1C. The highest BCUT2D eigenvalue weighted by atomic mass is 35.5. The molecule has 0 radical (unpaired) electrons. The maximum atomic E-state index is 11.3. The number of halogens is 1. The first-order valence-corrected chi connectivity index (χ1v) is 6.65. The van der Waals surface area contributed by atoms with Gasteiger partial charge in [0.05, 0.1) is 10.7 Å². The normalized spacial score (nSPS) is 24.1. The van der Waals surface area contributed by atoms with E-state index in [1.807, 2.05) is 12.1 Å². The summed E-state index contributed by atoms with van der Waals surface area (Å²) in [5, 5.41) is 9.60. The largest absolute Gasteiger partial charge is 0.478 e. The van der Waals surface area contributed by atoms with E-state index in [1.165, 1.54) is 0 Å². The molecule has 1 heterocycles. The Hall–Kier alpha value is -1.22. The zero-order valence-corrected chi connectivity index (χ0v) is 11.4. The smallest absolute Gasteiger partial charge is 0.339 e. The first-order valence-electron chi connectivity index (χ1n) is 6.27. The minimum Gasteiger partial charge on any atom is -0.478 e. The van der Waals surface area contributed by atoms with Crippen LogP contribution in [0.5, 0.6) is 0 Å². The molecule has 2 atom stereocenters. The average Bonchev–Trinajstić information content (AvgIpc) is 2.32. The van der Waals surface area contributed by atoms with Crippen molar-refractivity contribution in [2.45, 2.75) is 20.3 Å². The first kappa shape index (κ1) is 13.2. The molecule has 0 aliphatic carbocycles. The molecule has 1 aliphatic rings. The Morgan fingerprint density at radius 1 is 1.39 bits per heavy atom. The Morgan fingerprint density at radius 3 is 2.72 bits per heavy atom. The van der Waals surface area contributed by atoms with Gasteiger partial charge in [0.2, 0.25) is 0 Å². The Bertz CT molecular complexity index is 461. The van der Waals surface area contributed by atoms with Crippen LogP contribution in [0.1, 0.15) is 30.6 Å².